The minimum absolute atomic E-state index is 0.312. The monoisotopic (exact) mass is 364 g/mol. The number of oxime groups is 1. The number of nitrogens with one attached hydrogen (secondary N) is 1. The summed E-state index contributed by atoms with van der Waals surface area (Å²) in [5, 5.41) is 11.3. The third kappa shape index (κ3) is 3.57. The Morgan fingerprint density at radius 3 is 2.67 bits per heavy atom. The Balaban J connectivity index is 1.47. The van der Waals surface area contributed by atoms with Crippen molar-refractivity contribution in [2.75, 3.05) is 5.32 Å². The average Bonchev–Trinajstić information content (AvgIpc) is 3.30. The number of hydrogen-bond acceptors (Lipinski definition) is 4. The van der Waals surface area contributed by atoms with Crippen molar-refractivity contribution in [1.82, 2.24) is 9.78 Å². The Bertz CT molecular complexity index is 997. The van der Waals surface area contributed by atoms with E-state index >= 15 is 0 Å². The molecule has 1 amide bonds. The number of amides is 1. The van der Waals surface area contributed by atoms with Gasteiger partial charge in [0.25, 0.3) is 5.91 Å². The molecule has 27 heavy (non-hydrogen) atoms. The minimum Gasteiger partial charge on any atom is -0.382 e. The van der Waals surface area contributed by atoms with Crippen molar-refractivity contribution >= 4 is 17.4 Å². The van der Waals surface area contributed by atoms with Gasteiger partial charge in [0.1, 0.15) is 11.6 Å². The number of aromatic nitrogens is 2. The molecule has 2 heterocycles. The molecule has 1 aliphatic heterocycles. The third-order valence-electron chi connectivity index (χ3n) is 4.22. The van der Waals surface area contributed by atoms with Crippen LogP contribution in [0, 0.1) is 12.7 Å². The van der Waals surface area contributed by atoms with Gasteiger partial charge >= 0.3 is 0 Å². The molecule has 0 saturated heterocycles. The molecular formula is C20H17FN4O2. The van der Waals surface area contributed by atoms with Crippen LogP contribution in [0.4, 0.5) is 10.2 Å². The molecule has 2 aromatic carbocycles. The van der Waals surface area contributed by atoms with Crippen LogP contribution in [-0.4, -0.2) is 27.5 Å². The molecule has 0 unspecified atom stereocenters. The van der Waals surface area contributed by atoms with Gasteiger partial charge in [-0.05, 0) is 36.8 Å². The number of anilines is 1. The number of rotatable bonds is 4. The van der Waals surface area contributed by atoms with Gasteiger partial charge in [0.15, 0.2) is 0 Å². The number of para-hydroxylation sites is 1. The largest absolute Gasteiger partial charge is 0.382 e. The molecule has 7 heteroatoms. The molecule has 0 bridgehead atoms. The number of halogens is 1. The molecule has 6 nitrogen and oxygen atoms in total. The smallest absolute Gasteiger partial charge is 0.269 e. The van der Waals surface area contributed by atoms with Gasteiger partial charge in [-0.2, -0.15) is 5.10 Å². The lowest BCUT2D eigenvalue weighted by Gasteiger charge is -2.11. The molecule has 136 valence electrons. The molecule has 1 atom stereocenters. The third-order valence-corrected chi connectivity index (χ3v) is 4.22. The summed E-state index contributed by atoms with van der Waals surface area (Å²) in [6, 6.07) is 17.3. The standard InChI is InChI=1S/C20H17FN4O2/c1-13-11-19(25(23-13)16-5-3-2-4-6-16)22-20(26)18-12-17(24-27-18)14-7-9-15(21)10-8-14/h2-11,18H,12H2,1H3,(H,22,26)/t18-/m1/s1. The first kappa shape index (κ1) is 17.0. The fourth-order valence-corrected chi connectivity index (χ4v) is 2.89. The van der Waals surface area contributed by atoms with Gasteiger partial charge in [0.05, 0.1) is 17.1 Å². The number of carbonyl (C=O) groups excluding carboxylic acids is 1. The number of hydrogen-bond donors (Lipinski definition) is 1. The summed E-state index contributed by atoms with van der Waals surface area (Å²) < 4.78 is 14.7. The van der Waals surface area contributed by atoms with E-state index in [1.807, 2.05) is 37.3 Å². The van der Waals surface area contributed by atoms with Gasteiger partial charge in [-0.15, -0.1) is 0 Å². The summed E-state index contributed by atoms with van der Waals surface area (Å²) in [4.78, 5) is 17.9. The van der Waals surface area contributed by atoms with Crippen molar-refractivity contribution in [3.8, 4) is 5.69 Å². The van der Waals surface area contributed by atoms with Crippen molar-refractivity contribution in [3.63, 3.8) is 0 Å². The first-order valence-electron chi connectivity index (χ1n) is 8.52. The van der Waals surface area contributed by atoms with Crippen molar-refractivity contribution in [3.05, 3.63) is 77.7 Å². The Morgan fingerprint density at radius 2 is 1.93 bits per heavy atom. The zero-order chi connectivity index (χ0) is 18.8. The average molecular weight is 364 g/mol. The summed E-state index contributed by atoms with van der Waals surface area (Å²) in [5.74, 6) is -0.0763. The number of nitrogens with zero attached hydrogens (tertiary/aromatic N) is 3. The maximum Gasteiger partial charge on any atom is 0.269 e. The quantitative estimate of drug-likeness (QED) is 0.771. The van der Waals surface area contributed by atoms with Crippen LogP contribution in [0.1, 0.15) is 17.7 Å². The van der Waals surface area contributed by atoms with Crippen molar-refractivity contribution < 1.29 is 14.0 Å². The van der Waals surface area contributed by atoms with Gasteiger partial charge in [-0.3, -0.25) is 4.79 Å². The van der Waals surface area contributed by atoms with Crippen molar-refractivity contribution in [1.29, 1.82) is 0 Å². The molecule has 0 fully saturated rings. The van der Waals surface area contributed by atoms with E-state index in [-0.39, 0.29) is 11.7 Å². The van der Waals surface area contributed by atoms with Gasteiger partial charge in [-0.25, -0.2) is 9.07 Å². The van der Waals surface area contributed by atoms with Crippen LogP contribution in [-0.2, 0) is 9.63 Å². The minimum atomic E-state index is -0.746. The van der Waals surface area contributed by atoms with Gasteiger partial charge in [-0.1, -0.05) is 35.5 Å². The second-order valence-electron chi connectivity index (χ2n) is 6.25. The van der Waals surface area contributed by atoms with Crippen LogP contribution in [0.5, 0.6) is 0 Å². The summed E-state index contributed by atoms with van der Waals surface area (Å²) in [6.45, 7) is 1.86. The number of carbonyl (C=O) groups is 1. The van der Waals surface area contributed by atoms with E-state index in [0.717, 1.165) is 16.9 Å². The zero-order valence-corrected chi connectivity index (χ0v) is 14.6. The Morgan fingerprint density at radius 1 is 1.19 bits per heavy atom. The zero-order valence-electron chi connectivity index (χ0n) is 14.6. The predicted molar refractivity (Wildman–Crippen MR) is 99.4 cm³/mol. The topological polar surface area (TPSA) is 68.5 Å². The Hall–Kier alpha value is -3.48. The van der Waals surface area contributed by atoms with E-state index in [4.69, 9.17) is 4.84 Å². The highest BCUT2D eigenvalue weighted by molar-refractivity contribution is 6.06. The van der Waals surface area contributed by atoms with E-state index < -0.39 is 6.10 Å². The van der Waals surface area contributed by atoms with Crippen LogP contribution in [0.3, 0.4) is 0 Å². The normalized spacial score (nSPS) is 15.9. The van der Waals surface area contributed by atoms with Crippen LogP contribution in [0.2, 0.25) is 0 Å². The molecule has 0 saturated carbocycles. The summed E-state index contributed by atoms with van der Waals surface area (Å²) in [6.07, 6.45) is -0.430. The SMILES string of the molecule is Cc1cc(NC(=O)[C@H]2CC(c3ccc(F)cc3)=NO2)n(-c2ccccc2)n1. The first-order chi connectivity index (χ1) is 13.1. The summed E-state index contributed by atoms with van der Waals surface area (Å²) >= 11 is 0. The molecule has 0 radical (unpaired) electrons. The Kier molecular flexibility index (Phi) is 4.42. The Labute approximate surface area is 155 Å². The van der Waals surface area contributed by atoms with E-state index in [1.165, 1.54) is 12.1 Å². The predicted octanol–water partition coefficient (Wildman–Crippen LogP) is 3.45. The molecular weight excluding hydrogens is 347 g/mol. The van der Waals surface area contributed by atoms with Crippen LogP contribution < -0.4 is 5.32 Å². The second kappa shape index (κ2) is 7.03. The lowest BCUT2D eigenvalue weighted by molar-refractivity contribution is -0.125. The molecule has 0 spiro atoms. The lowest BCUT2D eigenvalue weighted by Crippen LogP contribution is -2.29. The lowest BCUT2D eigenvalue weighted by atomic mass is 10.0. The van der Waals surface area contributed by atoms with Gasteiger partial charge in [0.2, 0.25) is 6.10 Å². The number of benzene rings is 2. The second-order valence-corrected chi connectivity index (χ2v) is 6.25. The van der Waals surface area contributed by atoms with E-state index in [2.05, 4.69) is 15.6 Å². The van der Waals surface area contributed by atoms with Crippen molar-refractivity contribution in [2.24, 2.45) is 5.16 Å². The van der Waals surface area contributed by atoms with Crippen molar-refractivity contribution in [2.45, 2.75) is 19.4 Å². The van der Waals surface area contributed by atoms with Gasteiger partial charge in [0, 0.05) is 12.5 Å². The van der Waals surface area contributed by atoms with E-state index in [9.17, 15) is 9.18 Å². The van der Waals surface area contributed by atoms with Crippen LogP contribution in [0.15, 0.2) is 65.8 Å². The molecule has 3 aromatic rings. The van der Waals surface area contributed by atoms with Crippen LogP contribution in [0.25, 0.3) is 5.69 Å². The molecule has 1 aromatic heterocycles. The molecule has 1 aliphatic rings. The molecule has 4 rings (SSSR count). The molecule has 1 N–H and O–H groups in total. The highest BCUT2D eigenvalue weighted by Crippen LogP contribution is 2.21. The van der Waals surface area contributed by atoms with Gasteiger partial charge < -0.3 is 10.2 Å². The molecule has 0 aliphatic carbocycles. The van der Waals surface area contributed by atoms with E-state index in [0.29, 0.717) is 18.0 Å². The highest BCUT2D eigenvalue weighted by atomic mass is 19.1. The maximum atomic E-state index is 13.1. The summed E-state index contributed by atoms with van der Waals surface area (Å²) in [5.41, 5.74) is 2.97. The fourth-order valence-electron chi connectivity index (χ4n) is 2.89. The summed E-state index contributed by atoms with van der Waals surface area (Å²) in [7, 11) is 0. The van der Waals surface area contributed by atoms with Crippen LogP contribution >= 0.6 is 0 Å². The fraction of sp³-hybridized carbons (Fsp3) is 0.150. The first-order valence-corrected chi connectivity index (χ1v) is 8.52. The van der Waals surface area contributed by atoms with E-state index in [1.54, 1.807) is 22.9 Å². The highest BCUT2D eigenvalue weighted by Gasteiger charge is 2.29. The number of aryl methyl sites for hydroxylation is 1. The maximum absolute atomic E-state index is 13.1.